The zero-order valence-electron chi connectivity index (χ0n) is 15.8. The van der Waals surface area contributed by atoms with Crippen LogP contribution in [0.15, 0.2) is 33.9 Å². The van der Waals surface area contributed by atoms with Crippen molar-refractivity contribution in [1.29, 1.82) is 5.26 Å². The molecule has 0 fully saturated rings. The standard InChI is InChI=1S/C19H24N4O3/c1-19(2,3)14-8-6-7-9-15(14)26-11-10-21-16-13(12-20)17(24)23(5)18(25)22(16)4/h6-9,21H,10-11H2,1-5H3. The molecule has 2 rings (SSSR count). The van der Waals surface area contributed by atoms with E-state index >= 15 is 0 Å². The van der Waals surface area contributed by atoms with Gasteiger partial charge in [-0.2, -0.15) is 5.26 Å². The highest BCUT2D eigenvalue weighted by Crippen LogP contribution is 2.30. The Kier molecular flexibility index (Phi) is 5.56. The fraction of sp³-hybridized carbons (Fsp3) is 0.421. The highest BCUT2D eigenvalue weighted by molar-refractivity contribution is 5.51. The largest absolute Gasteiger partial charge is 0.491 e. The number of anilines is 1. The zero-order valence-corrected chi connectivity index (χ0v) is 15.8. The Bertz CT molecular complexity index is 959. The summed E-state index contributed by atoms with van der Waals surface area (Å²) in [6.45, 7) is 7.00. The topological polar surface area (TPSA) is 89.1 Å². The molecule has 1 heterocycles. The maximum absolute atomic E-state index is 12.1. The lowest BCUT2D eigenvalue weighted by atomic mass is 9.86. The van der Waals surface area contributed by atoms with Crippen LogP contribution in [0.1, 0.15) is 31.9 Å². The van der Waals surface area contributed by atoms with Crippen molar-refractivity contribution in [3.8, 4) is 11.8 Å². The Hall–Kier alpha value is -3.01. The maximum Gasteiger partial charge on any atom is 0.332 e. The maximum atomic E-state index is 12.1. The van der Waals surface area contributed by atoms with Crippen LogP contribution in [0.25, 0.3) is 0 Å². The summed E-state index contributed by atoms with van der Waals surface area (Å²) >= 11 is 0. The molecule has 0 unspecified atom stereocenters. The van der Waals surface area contributed by atoms with Gasteiger partial charge >= 0.3 is 5.69 Å². The summed E-state index contributed by atoms with van der Waals surface area (Å²) in [6, 6.07) is 9.69. The Morgan fingerprint density at radius 3 is 2.42 bits per heavy atom. The number of para-hydroxylation sites is 1. The van der Waals surface area contributed by atoms with Crippen LogP contribution in [0, 0.1) is 11.3 Å². The summed E-state index contributed by atoms with van der Waals surface area (Å²) in [5.41, 5.74) is -0.149. The number of benzene rings is 1. The van der Waals surface area contributed by atoms with E-state index in [0.29, 0.717) is 13.2 Å². The van der Waals surface area contributed by atoms with E-state index in [0.717, 1.165) is 15.9 Å². The van der Waals surface area contributed by atoms with Gasteiger partial charge in [-0.15, -0.1) is 0 Å². The summed E-state index contributed by atoms with van der Waals surface area (Å²) < 4.78 is 8.04. The number of nitrogens with zero attached hydrogens (tertiary/aromatic N) is 3. The van der Waals surface area contributed by atoms with Crippen LogP contribution in [0.5, 0.6) is 5.75 Å². The molecule has 1 N–H and O–H groups in total. The van der Waals surface area contributed by atoms with Crippen molar-refractivity contribution < 1.29 is 4.74 Å². The van der Waals surface area contributed by atoms with E-state index in [9.17, 15) is 14.9 Å². The number of hydrogen-bond acceptors (Lipinski definition) is 5. The van der Waals surface area contributed by atoms with Gasteiger partial charge in [-0.1, -0.05) is 39.0 Å². The molecule has 1 aromatic carbocycles. The number of nitriles is 1. The number of hydrogen-bond donors (Lipinski definition) is 1. The first-order chi connectivity index (χ1) is 12.2. The molecule has 26 heavy (non-hydrogen) atoms. The average molecular weight is 356 g/mol. The third kappa shape index (κ3) is 3.80. The predicted molar refractivity (Wildman–Crippen MR) is 101 cm³/mol. The van der Waals surface area contributed by atoms with Crippen molar-refractivity contribution in [1.82, 2.24) is 9.13 Å². The highest BCUT2D eigenvalue weighted by atomic mass is 16.5. The molecule has 7 nitrogen and oxygen atoms in total. The van der Waals surface area contributed by atoms with Crippen LogP contribution in [0.3, 0.4) is 0 Å². The second-order valence-corrected chi connectivity index (χ2v) is 7.06. The van der Waals surface area contributed by atoms with Crippen LogP contribution in [-0.2, 0) is 19.5 Å². The van der Waals surface area contributed by atoms with Gasteiger partial charge in [0.25, 0.3) is 5.56 Å². The smallest absolute Gasteiger partial charge is 0.332 e. The van der Waals surface area contributed by atoms with Gasteiger partial charge in [-0.05, 0) is 17.0 Å². The molecule has 0 saturated carbocycles. The van der Waals surface area contributed by atoms with Gasteiger partial charge in [-0.3, -0.25) is 13.9 Å². The number of ether oxygens (including phenoxy) is 1. The van der Waals surface area contributed by atoms with Crippen molar-refractivity contribution in [3.05, 3.63) is 56.2 Å². The fourth-order valence-corrected chi connectivity index (χ4v) is 2.69. The first-order valence-corrected chi connectivity index (χ1v) is 8.34. The SMILES string of the molecule is Cn1c(NCCOc2ccccc2C(C)(C)C)c(C#N)c(=O)n(C)c1=O. The molecular formula is C19H24N4O3. The van der Waals surface area contributed by atoms with E-state index in [2.05, 4.69) is 26.1 Å². The Labute approximate surface area is 152 Å². The molecule has 0 amide bonds. The lowest BCUT2D eigenvalue weighted by Crippen LogP contribution is -2.40. The molecule has 0 aliphatic heterocycles. The first-order valence-electron chi connectivity index (χ1n) is 8.34. The monoisotopic (exact) mass is 356 g/mol. The molecule has 0 radical (unpaired) electrons. The quantitative estimate of drug-likeness (QED) is 0.825. The van der Waals surface area contributed by atoms with Gasteiger partial charge < -0.3 is 10.1 Å². The third-order valence-corrected chi connectivity index (χ3v) is 4.12. The minimum absolute atomic E-state index is 0.0481. The molecule has 138 valence electrons. The van der Waals surface area contributed by atoms with Gasteiger partial charge in [0.15, 0.2) is 5.56 Å². The third-order valence-electron chi connectivity index (χ3n) is 4.12. The van der Waals surface area contributed by atoms with Crippen LogP contribution < -0.4 is 21.3 Å². The van der Waals surface area contributed by atoms with Crippen molar-refractivity contribution in [2.75, 3.05) is 18.5 Å². The van der Waals surface area contributed by atoms with Gasteiger partial charge in [0.2, 0.25) is 0 Å². The van der Waals surface area contributed by atoms with E-state index in [1.807, 2.05) is 30.3 Å². The molecule has 0 saturated heterocycles. The van der Waals surface area contributed by atoms with E-state index in [1.165, 1.54) is 18.7 Å². The molecule has 0 spiro atoms. The van der Waals surface area contributed by atoms with E-state index in [-0.39, 0.29) is 16.8 Å². The lowest BCUT2D eigenvalue weighted by Gasteiger charge is -2.23. The molecule has 7 heteroatoms. The molecule has 2 aromatic rings. The molecule has 0 aliphatic rings. The zero-order chi connectivity index (χ0) is 19.5. The number of nitrogens with one attached hydrogen (secondary N) is 1. The molecular weight excluding hydrogens is 332 g/mol. The van der Waals surface area contributed by atoms with Gasteiger partial charge in [0.1, 0.15) is 24.2 Å². The summed E-state index contributed by atoms with van der Waals surface area (Å²) in [4.78, 5) is 24.1. The second kappa shape index (κ2) is 7.48. The van der Waals surface area contributed by atoms with Gasteiger partial charge in [0.05, 0.1) is 6.54 Å². The number of aromatic nitrogens is 2. The van der Waals surface area contributed by atoms with E-state index in [1.54, 1.807) is 0 Å². The minimum atomic E-state index is -0.614. The second-order valence-electron chi connectivity index (χ2n) is 7.06. The van der Waals surface area contributed by atoms with Crippen LogP contribution in [0.4, 0.5) is 5.82 Å². The highest BCUT2D eigenvalue weighted by Gasteiger charge is 2.18. The number of rotatable bonds is 5. The van der Waals surface area contributed by atoms with Crippen molar-refractivity contribution >= 4 is 5.82 Å². The van der Waals surface area contributed by atoms with Crippen LogP contribution >= 0.6 is 0 Å². The van der Waals surface area contributed by atoms with Crippen molar-refractivity contribution in [2.24, 2.45) is 14.1 Å². The normalized spacial score (nSPS) is 11.1. The summed E-state index contributed by atoms with van der Waals surface area (Å²) in [6.07, 6.45) is 0. The summed E-state index contributed by atoms with van der Waals surface area (Å²) in [7, 11) is 2.86. The Balaban J connectivity index is 2.15. The van der Waals surface area contributed by atoms with Crippen molar-refractivity contribution in [3.63, 3.8) is 0 Å². The van der Waals surface area contributed by atoms with E-state index in [4.69, 9.17) is 4.74 Å². The predicted octanol–water partition coefficient (Wildman–Crippen LogP) is 1.74. The van der Waals surface area contributed by atoms with Gasteiger partial charge in [-0.25, -0.2) is 4.79 Å². The first kappa shape index (κ1) is 19.3. The summed E-state index contributed by atoms with van der Waals surface area (Å²) in [5.74, 6) is 0.994. The molecule has 0 atom stereocenters. The Morgan fingerprint density at radius 1 is 1.15 bits per heavy atom. The van der Waals surface area contributed by atoms with Crippen LogP contribution in [0.2, 0.25) is 0 Å². The lowest BCUT2D eigenvalue weighted by molar-refractivity contribution is 0.322. The minimum Gasteiger partial charge on any atom is -0.491 e. The van der Waals surface area contributed by atoms with Gasteiger partial charge in [0, 0.05) is 14.1 Å². The van der Waals surface area contributed by atoms with E-state index < -0.39 is 11.2 Å². The van der Waals surface area contributed by atoms with Crippen LogP contribution in [-0.4, -0.2) is 22.3 Å². The molecule has 1 aromatic heterocycles. The fourth-order valence-electron chi connectivity index (χ4n) is 2.69. The average Bonchev–Trinajstić information content (AvgIpc) is 2.60. The molecule has 0 aliphatic carbocycles. The van der Waals surface area contributed by atoms with Crippen molar-refractivity contribution in [2.45, 2.75) is 26.2 Å². The Morgan fingerprint density at radius 2 is 1.81 bits per heavy atom. The summed E-state index contributed by atoms with van der Waals surface area (Å²) in [5, 5.41) is 12.2. The molecule has 0 bridgehead atoms.